The van der Waals surface area contributed by atoms with Gasteiger partial charge in [-0.25, -0.2) is 0 Å². The summed E-state index contributed by atoms with van der Waals surface area (Å²) in [6, 6.07) is 4.20. The fourth-order valence-corrected chi connectivity index (χ4v) is 0.850. The van der Waals surface area contributed by atoms with Crippen molar-refractivity contribution in [3.63, 3.8) is 0 Å². The number of benzene rings is 1. The number of phenols is 2. The molecule has 0 fully saturated rings. The van der Waals surface area contributed by atoms with Gasteiger partial charge in [0.05, 0.1) is 0 Å². The molecular formula is C9H9NO3. The van der Waals surface area contributed by atoms with E-state index in [9.17, 15) is 9.90 Å². The number of hydrogen-bond acceptors (Lipinski definition) is 3. The lowest BCUT2D eigenvalue weighted by molar-refractivity contribution is -0.108. The van der Waals surface area contributed by atoms with Crippen LogP contribution < -0.4 is 5.32 Å². The highest BCUT2D eigenvalue weighted by atomic mass is 16.3. The molecule has 68 valence electrons. The molecule has 0 aliphatic rings. The molecule has 1 rings (SSSR count). The first-order chi connectivity index (χ1) is 6.24. The fraction of sp³-hybridized carbons (Fsp3) is 0. The number of nitrogens with one attached hydrogen (secondary N) is 1. The average molecular weight is 179 g/mol. The van der Waals surface area contributed by atoms with Gasteiger partial charge < -0.3 is 15.5 Å². The summed E-state index contributed by atoms with van der Waals surface area (Å²) >= 11 is 0. The van der Waals surface area contributed by atoms with Crippen molar-refractivity contribution in [3.05, 3.63) is 30.0 Å². The molecule has 0 saturated heterocycles. The maximum Gasteiger partial charge on any atom is 0.211 e. The third-order valence-electron chi connectivity index (χ3n) is 1.44. The molecule has 0 aliphatic carbocycles. The standard InChI is InChI=1S/C9H9NO3/c11-6-10-4-3-7-1-2-8(12)5-9(7)13/h1-6,12-13H,(H,10,11). The zero-order valence-corrected chi connectivity index (χ0v) is 6.77. The van der Waals surface area contributed by atoms with Crippen LogP contribution in [0.2, 0.25) is 0 Å². The zero-order valence-electron chi connectivity index (χ0n) is 6.77. The van der Waals surface area contributed by atoms with Gasteiger partial charge in [-0.1, -0.05) is 0 Å². The van der Waals surface area contributed by atoms with E-state index in [1.807, 2.05) is 0 Å². The van der Waals surface area contributed by atoms with E-state index < -0.39 is 0 Å². The average Bonchev–Trinajstić information content (AvgIpc) is 2.09. The van der Waals surface area contributed by atoms with Gasteiger partial charge in [-0.15, -0.1) is 0 Å². The van der Waals surface area contributed by atoms with E-state index in [0.29, 0.717) is 12.0 Å². The molecule has 4 nitrogen and oxygen atoms in total. The van der Waals surface area contributed by atoms with Gasteiger partial charge in [0.1, 0.15) is 11.5 Å². The first-order valence-corrected chi connectivity index (χ1v) is 3.62. The summed E-state index contributed by atoms with van der Waals surface area (Å²) in [4.78, 5) is 9.87. The molecular weight excluding hydrogens is 170 g/mol. The number of aromatic hydroxyl groups is 2. The SMILES string of the molecule is O=CNC=Cc1ccc(O)cc1O. The van der Waals surface area contributed by atoms with Crippen molar-refractivity contribution in [2.75, 3.05) is 0 Å². The van der Waals surface area contributed by atoms with Gasteiger partial charge >= 0.3 is 0 Å². The van der Waals surface area contributed by atoms with Crippen LogP contribution in [-0.2, 0) is 4.79 Å². The molecule has 0 radical (unpaired) electrons. The Morgan fingerprint density at radius 2 is 2.08 bits per heavy atom. The predicted molar refractivity (Wildman–Crippen MR) is 48.0 cm³/mol. The molecule has 0 aliphatic heterocycles. The van der Waals surface area contributed by atoms with Crippen LogP contribution >= 0.6 is 0 Å². The van der Waals surface area contributed by atoms with Crippen LogP contribution in [0.4, 0.5) is 0 Å². The van der Waals surface area contributed by atoms with E-state index in [2.05, 4.69) is 5.32 Å². The van der Waals surface area contributed by atoms with Crippen LogP contribution in [0.5, 0.6) is 11.5 Å². The highest BCUT2D eigenvalue weighted by molar-refractivity contribution is 5.60. The lowest BCUT2D eigenvalue weighted by Gasteiger charge is -1.98. The summed E-state index contributed by atoms with van der Waals surface area (Å²) in [6.07, 6.45) is 3.43. The molecule has 0 aromatic heterocycles. The van der Waals surface area contributed by atoms with Crippen molar-refractivity contribution in [2.24, 2.45) is 0 Å². The zero-order chi connectivity index (χ0) is 9.68. The van der Waals surface area contributed by atoms with Crippen LogP contribution in [0, 0.1) is 0 Å². The molecule has 0 atom stereocenters. The highest BCUT2D eigenvalue weighted by Crippen LogP contribution is 2.23. The largest absolute Gasteiger partial charge is 0.508 e. The number of carbonyl (C=O) groups is 1. The maximum absolute atomic E-state index is 9.87. The first kappa shape index (κ1) is 9.12. The highest BCUT2D eigenvalue weighted by Gasteiger charge is 1.97. The molecule has 1 aromatic rings. The lowest BCUT2D eigenvalue weighted by Crippen LogP contribution is -1.97. The van der Waals surface area contributed by atoms with Crippen LogP contribution in [0.1, 0.15) is 5.56 Å². The third-order valence-corrected chi connectivity index (χ3v) is 1.44. The number of carbonyl (C=O) groups excluding carboxylic acids is 1. The van der Waals surface area contributed by atoms with Crippen LogP contribution in [-0.4, -0.2) is 16.6 Å². The Kier molecular flexibility index (Phi) is 2.92. The van der Waals surface area contributed by atoms with Gasteiger partial charge in [-0.3, -0.25) is 4.79 Å². The number of amides is 1. The molecule has 0 saturated carbocycles. The Morgan fingerprint density at radius 3 is 2.69 bits per heavy atom. The van der Waals surface area contributed by atoms with Gasteiger partial charge in [0.25, 0.3) is 0 Å². The van der Waals surface area contributed by atoms with Gasteiger partial charge in [-0.2, -0.15) is 0 Å². The summed E-state index contributed by atoms with van der Waals surface area (Å²) in [7, 11) is 0. The van der Waals surface area contributed by atoms with Gasteiger partial charge in [-0.05, 0) is 18.2 Å². The second-order valence-electron chi connectivity index (χ2n) is 2.36. The Balaban J connectivity index is 2.83. The van der Waals surface area contributed by atoms with Gasteiger partial charge in [0, 0.05) is 17.8 Å². The molecule has 1 aromatic carbocycles. The molecule has 0 heterocycles. The second kappa shape index (κ2) is 4.15. The Bertz CT molecular complexity index is 334. The Hall–Kier alpha value is -1.97. The summed E-state index contributed by atoms with van der Waals surface area (Å²) in [5.74, 6) is -0.0399. The van der Waals surface area contributed by atoms with Gasteiger partial charge in [0.2, 0.25) is 6.41 Å². The van der Waals surface area contributed by atoms with E-state index in [4.69, 9.17) is 5.11 Å². The molecule has 0 spiro atoms. The maximum atomic E-state index is 9.87. The van der Waals surface area contributed by atoms with Crippen molar-refractivity contribution in [3.8, 4) is 11.5 Å². The summed E-state index contributed by atoms with van der Waals surface area (Å²) < 4.78 is 0. The van der Waals surface area contributed by atoms with E-state index in [-0.39, 0.29) is 11.5 Å². The minimum Gasteiger partial charge on any atom is -0.508 e. The quantitative estimate of drug-likeness (QED) is 0.601. The summed E-state index contributed by atoms with van der Waals surface area (Å²) in [5.41, 5.74) is 0.521. The molecule has 3 N–H and O–H groups in total. The van der Waals surface area contributed by atoms with Gasteiger partial charge in [0.15, 0.2) is 0 Å². The smallest absolute Gasteiger partial charge is 0.211 e. The number of rotatable bonds is 3. The van der Waals surface area contributed by atoms with Crippen LogP contribution in [0.15, 0.2) is 24.4 Å². The number of phenolic OH excluding ortho intramolecular Hbond substituents is 2. The summed E-state index contributed by atoms with van der Waals surface area (Å²) in [5, 5.41) is 20.5. The topological polar surface area (TPSA) is 69.6 Å². The van der Waals surface area contributed by atoms with Crippen molar-refractivity contribution >= 4 is 12.5 Å². The number of hydrogen-bond donors (Lipinski definition) is 3. The van der Waals surface area contributed by atoms with Crippen molar-refractivity contribution in [1.29, 1.82) is 0 Å². The van der Waals surface area contributed by atoms with Crippen molar-refractivity contribution < 1.29 is 15.0 Å². The van der Waals surface area contributed by atoms with E-state index in [1.54, 1.807) is 0 Å². The van der Waals surface area contributed by atoms with Crippen LogP contribution in [0.25, 0.3) is 6.08 Å². The summed E-state index contributed by atoms with van der Waals surface area (Å²) in [6.45, 7) is 0. The fourth-order valence-electron chi connectivity index (χ4n) is 0.850. The minimum absolute atomic E-state index is 0.00186. The van der Waals surface area contributed by atoms with E-state index >= 15 is 0 Å². The molecule has 0 bridgehead atoms. The molecule has 0 unspecified atom stereocenters. The lowest BCUT2D eigenvalue weighted by atomic mass is 10.2. The molecule has 4 heteroatoms. The minimum atomic E-state index is -0.0380. The van der Waals surface area contributed by atoms with E-state index in [1.165, 1.54) is 30.5 Å². The van der Waals surface area contributed by atoms with Crippen molar-refractivity contribution in [2.45, 2.75) is 0 Å². The Morgan fingerprint density at radius 1 is 1.31 bits per heavy atom. The first-order valence-electron chi connectivity index (χ1n) is 3.62. The van der Waals surface area contributed by atoms with E-state index in [0.717, 1.165) is 0 Å². The predicted octanol–water partition coefficient (Wildman–Crippen LogP) is 0.814. The normalized spacial score (nSPS) is 10.2. The van der Waals surface area contributed by atoms with Crippen molar-refractivity contribution in [1.82, 2.24) is 5.32 Å². The molecule has 13 heavy (non-hydrogen) atoms. The monoisotopic (exact) mass is 179 g/mol. The Labute approximate surface area is 75.1 Å². The molecule has 1 amide bonds. The third kappa shape index (κ3) is 2.52. The van der Waals surface area contributed by atoms with Crippen LogP contribution in [0.3, 0.4) is 0 Å². The second-order valence-corrected chi connectivity index (χ2v) is 2.36.